The lowest BCUT2D eigenvalue weighted by Gasteiger charge is -2.20. The zero-order valence-corrected chi connectivity index (χ0v) is 8.86. The Morgan fingerprint density at radius 3 is 2.67 bits per heavy atom. The fourth-order valence-electron chi connectivity index (χ4n) is 1.32. The van der Waals surface area contributed by atoms with Gasteiger partial charge in [0, 0.05) is 6.42 Å². The molecule has 1 atom stereocenters. The number of hydrogen-bond acceptors (Lipinski definition) is 3. The van der Waals surface area contributed by atoms with Crippen molar-refractivity contribution in [1.82, 2.24) is 0 Å². The van der Waals surface area contributed by atoms with Gasteiger partial charge in [0.25, 0.3) is 0 Å². The van der Waals surface area contributed by atoms with Crippen LogP contribution < -0.4 is 10.5 Å². The average molecular weight is 209 g/mol. The molecule has 4 heteroatoms. The van der Waals surface area contributed by atoms with E-state index in [0.29, 0.717) is 5.75 Å². The molecule has 0 aliphatic carbocycles. The van der Waals surface area contributed by atoms with Gasteiger partial charge in [0.05, 0.1) is 7.11 Å². The van der Waals surface area contributed by atoms with E-state index in [-0.39, 0.29) is 6.42 Å². The van der Waals surface area contributed by atoms with Gasteiger partial charge in [-0.05, 0) is 18.6 Å². The molecule has 4 nitrogen and oxygen atoms in total. The van der Waals surface area contributed by atoms with E-state index in [4.69, 9.17) is 15.6 Å². The van der Waals surface area contributed by atoms with E-state index in [9.17, 15) is 4.79 Å². The number of carbonyl (C=O) groups is 1. The third-order valence-electron chi connectivity index (χ3n) is 2.24. The van der Waals surface area contributed by atoms with Crippen LogP contribution in [0.1, 0.15) is 12.5 Å². The summed E-state index contributed by atoms with van der Waals surface area (Å²) in [6.07, 6.45) is 0.242. The molecule has 0 aliphatic heterocycles. The monoisotopic (exact) mass is 209 g/mol. The lowest BCUT2D eigenvalue weighted by molar-refractivity contribution is -0.142. The van der Waals surface area contributed by atoms with Crippen molar-refractivity contribution in [3.05, 3.63) is 29.8 Å². The molecule has 1 aromatic carbocycles. The molecule has 0 bridgehead atoms. The van der Waals surface area contributed by atoms with E-state index in [2.05, 4.69) is 0 Å². The fraction of sp³-hybridized carbons (Fsp3) is 0.364. The topological polar surface area (TPSA) is 72.5 Å². The van der Waals surface area contributed by atoms with Gasteiger partial charge in [-0.1, -0.05) is 18.2 Å². The van der Waals surface area contributed by atoms with Crippen molar-refractivity contribution < 1.29 is 14.6 Å². The molecule has 1 rings (SSSR count). The predicted molar refractivity (Wildman–Crippen MR) is 56.9 cm³/mol. The van der Waals surface area contributed by atoms with Crippen molar-refractivity contribution >= 4 is 5.97 Å². The van der Waals surface area contributed by atoms with Crippen LogP contribution in [0.15, 0.2) is 24.3 Å². The largest absolute Gasteiger partial charge is 0.496 e. The predicted octanol–water partition coefficient (Wildman–Crippen LogP) is 1.04. The number of hydrogen-bond donors (Lipinski definition) is 2. The lowest BCUT2D eigenvalue weighted by atomic mass is 9.93. The Labute approximate surface area is 88.7 Å². The van der Waals surface area contributed by atoms with Crippen molar-refractivity contribution in [2.45, 2.75) is 18.9 Å². The molecule has 0 amide bonds. The van der Waals surface area contributed by atoms with Gasteiger partial charge in [-0.3, -0.25) is 4.79 Å². The van der Waals surface area contributed by atoms with E-state index in [1.54, 1.807) is 13.2 Å². The number of carboxylic acids is 1. The van der Waals surface area contributed by atoms with Crippen LogP contribution in [0.3, 0.4) is 0 Å². The van der Waals surface area contributed by atoms with Gasteiger partial charge in [0.2, 0.25) is 0 Å². The van der Waals surface area contributed by atoms with Crippen LogP contribution in [0.4, 0.5) is 0 Å². The fourth-order valence-corrected chi connectivity index (χ4v) is 1.32. The molecule has 0 saturated carbocycles. The summed E-state index contributed by atoms with van der Waals surface area (Å²) >= 11 is 0. The second kappa shape index (κ2) is 4.31. The number of carboxylic acid groups (broad SMARTS) is 1. The number of para-hydroxylation sites is 1. The highest BCUT2D eigenvalue weighted by Crippen LogP contribution is 2.21. The Bertz CT molecular complexity index is 361. The van der Waals surface area contributed by atoms with E-state index in [0.717, 1.165) is 5.56 Å². The van der Waals surface area contributed by atoms with Gasteiger partial charge in [0.15, 0.2) is 0 Å². The van der Waals surface area contributed by atoms with Crippen LogP contribution in [0.2, 0.25) is 0 Å². The molecule has 0 spiro atoms. The highest BCUT2D eigenvalue weighted by atomic mass is 16.5. The van der Waals surface area contributed by atoms with Gasteiger partial charge >= 0.3 is 5.97 Å². The third kappa shape index (κ3) is 2.70. The summed E-state index contributed by atoms with van der Waals surface area (Å²) in [6, 6.07) is 7.26. The normalized spacial score (nSPS) is 14.3. The molecule has 3 N–H and O–H groups in total. The number of methoxy groups -OCH3 is 1. The summed E-state index contributed by atoms with van der Waals surface area (Å²) in [5, 5.41) is 8.90. The summed E-state index contributed by atoms with van der Waals surface area (Å²) in [5.41, 5.74) is 5.19. The Kier molecular flexibility index (Phi) is 3.31. The molecule has 1 unspecified atom stereocenters. The number of aliphatic carboxylic acids is 1. The molecule has 0 heterocycles. The molecule has 15 heavy (non-hydrogen) atoms. The van der Waals surface area contributed by atoms with Crippen molar-refractivity contribution in [3.8, 4) is 5.75 Å². The molecule has 1 aromatic rings. The zero-order valence-electron chi connectivity index (χ0n) is 8.86. The second-order valence-electron chi connectivity index (χ2n) is 3.71. The molecule has 82 valence electrons. The third-order valence-corrected chi connectivity index (χ3v) is 2.24. The van der Waals surface area contributed by atoms with Gasteiger partial charge in [0.1, 0.15) is 11.3 Å². The SMILES string of the molecule is COc1ccccc1CC(C)(N)C(=O)O. The van der Waals surface area contributed by atoms with Crippen LogP contribution in [0.5, 0.6) is 5.75 Å². The minimum absolute atomic E-state index is 0.242. The summed E-state index contributed by atoms with van der Waals surface area (Å²) in [5.74, 6) is -0.358. The van der Waals surface area contributed by atoms with Gasteiger partial charge in [-0.2, -0.15) is 0 Å². The van der Waals surface area contributed by atoms with Crippen LogP contribution in [-0.2, 0) is 11.2 Å². The Balaban J connectivity index is 2.94. The van der Waals surface area contributed by atoms with Crippen LogP contribution in [0.25, 0.3) is 0 Å². The first-order valence-corrected chi connectivity index (χ1v) is 4.61. The maximum atomic E-state index is 10.9. The Morgan fingerprint density at radius 2 is 2.13 bits per heavy atom. The lowest BCUT2D eigenvalue weighted by Crippen LogP contribution is -2.46. The highest BCUT2D eigenvalue weighted by molar-refractivity contribution is 5.78. The molecule has 0 aliphatic rings. The average Bonchev–Trinajstić information content (AvgIpc) is 2.18. The number of rotatable bonds is 4. The first-order chi connectivity index (χ1) is 6.97. The van der Waals surface area contributed by atoms with E-state index >= 15 is 0 Å². The molecular formula is C11H15NO3. The molecule has 0 saturated heterocycles. The van der Waals surface area contributed by atoms with Crippen LogP contribution in [-0.4, -0.2) is 23.7 Å². The van der Waals surface area contributed by atoms with Gasteiger partial charge in [-0.25, -0.2) is 0 Å². The molecule has 0 aromatic heterocycles. The van der Waals surface area contributed by atoms with Gasteiger partial charge in [-0.15, -0.1) is 0 Å². The summed E-state index contributed by atoms with van der Waals surface area (Å²) in [6.45, 7) is 1.49. The summed E-state index contributed by atoms with van der Waals surface area (Å²) in [4.78, 5) is 10.9. The van der Waals surface area contributed by atoms with E-state index in [1.807, 2.05) is 18.2 Å². The Hall–Kier alpha value is -1.55. The minimum Gasteiger partial charge on any atom is -0.496 e. The molecule has 0 radical (unpaired) electrons. The number of ether oxygens (including phenoxy) is 1. The minimum atomic E-state index is -1.27. The van der Waals surface area contributed by atoms with Crippen molar-refractivity contribution in [3.63, 3.8) is 0 Å². The van der Waals surface area contributed by atoms with Crippen LogP contribution in [0, 0.1) is 0 Å². The first-order valence-electron chi connectivity index (χ1n) is 4.61. The van der Waals surface area contributed by atoms with Crippen molar-refractivity contribution in [1.29, 1.82) is 0 Å². The molecular weight excluding hydrogens is 194 g/mol. The number of nitrogens with two attached hydrogens (primary N) is 1. The maximum Gasteiger partial charge on any atom is 0.323 e. The highest BCUT2D eigenvalue weighted by Gasteiger charge is 2.29. The maximum absolute atomic E-state index is 10.9. The van der Waals surface area contributed by atoms with E-state index in [1.165, 1.54) is 6.92 Å². The Morgan fingerprint density at radius 1 is 1.53 bits per heavy atom. The summed E-state index contributed by atoms with van der Waals surface area (Å²) < 4.78 is 5.12. The summed E-state index contributed by atoms with van der Waals surface area (Å²) in [7, 11) is 1.55. The molecule has 0 fully saturated rings. The first kappa shape index (κ1) is 11.5. The van der Waals surface area contributed by atoms with Gasteiger partial charge < -0.3 is 15.6 Å². The van der Waals surface area contributed by atoms with Crippen molar-refractivity contribution in [2.75, 3.05) is 7.11 Å². The quantitative estimate of drug-likeness (QED) is 0.777. The van der Waals surface area contributed by atoms with Crippen molar-refractivity contribution in [2.24, 2.45) is 5.73 Å². The standard InChI is InChI=1S/C11H15NO3/c1-11(12,10(13)14)7-8-5-3-4-6-9(8)15-2/h3-6H,7,12H2,1-2H3,(H,13,14). The number of benzene rings is 1. The smallest absolute Gasteiger partial charge is 0.323 e. The van der Waals surface area contributed by atoms with E-state index < -0.39 is 11.5 Å². The van der Waals surface area contributed by atoms with Crippen LogP contribution >= 0.6 is 0 Å². The zero-order chi connectivity index (χ0) is 11.5. The second-order valence-corrected chi connectivity index (χ2v) is 3.71.